The van der Waals surface area contributed by atoms with Crippen LogP contribution in [0.25, 0.3) is 10.9 Å². The Balaban J connectivity index is 1.14. The molecule has 0 atom stereocenters. The molecule has 4 aromatic rings. The second-order valence-electron chi connectivity index (χ2n) is 10.1. The van der Waals surface area contributed by atoms with E-state index in [0.717, 1.165) is 54.3 Å². The van der Waals surface area contributed by atoms with Gasteiger partial charge in [0.05, 0.1) is 19.7 Å². The molecule has 0 amide bonds. The molecule has 1 saturated heterocycles. The van der Waals surface area contributed by atoms with E-state index in [1.807, 2.05) is 18.3 Å². The summed E-state index contributed by atoms with van der Waals surface area (Å²) in [6, 6.07) is 21.0. The lowest BCUT2D eigenvalue weighted by molar-refractivity contribution is 0.406. The number of benzene rings is 3. The third kappa shape index (κ3) is 4.93. The van der Waals surface area contributed by atoms with Gasteiger partial charge in [-0.25, -0.2) is 9.97 Å². The van der Waals surface area contributed by atoms with E-state index in [1.54, 1.807) is 14.2 Å². The zero-order chi connectivity index (χ0) is 25.9. The number of methoxy groups -OCH3 is 2. The summed E-state index contributed by atoms with van der Waals surface area (Å²) in [4.78, 5) is 14.4. The first-order chi connectivity index (χ1) is 18.7. The molecule has 0 bridgehead atoms. The van der Waals surface area contributed by atoms with E-state index in [1.165, 1.54) is 42.6 Å². The molecule has 38 heavy (non-hydrogen) atoms. The van der Waals surface area contributed by atoms with Crippen molar-refractivity contribution in [2.24, 2.45) is 0 Å². The molecule has 0 spiro atoms. The van der Waals surface area contributed by atoms with Crippen molar-refractivity contribution < 1.29 is 9.47 Å². The molecule has 196 valence electrons. The van der Waals surface area contributed by atoms with Crippen LogP contribution >= 0.6 is 0 Å². The normalized spacial score (nSPS) is 16.2. The molecule has 6 rings (SSSR count). The molecule has 1 aliphatic heterocycles. The minimum absolute atomic E-state index is 0.501. The van der Waals surface area contributed by atoms with Gasteiger partial charge in [-0.2, -0.15) is 0 Å². The Hall–Kier alpha value is -4.00. The second kappa shape index (κ2) is 10.8. The Morgan fingerprint density at radius 2 is 1.39 bits per heavy atom. The summed E-state index contributed by atoms with van der Waals surface area (Å²) < 4.78 is 11.0. The van der Waals surface area contributed by atoms with Gasteiger partial charge >= 0.3 is 0 Å². The number of aromatic nitrogens is 2. The van der Waals surface area contributed by atoms with Crippen LogP contribution in [0, 0.1) is 0 Å². The van der Waals surface area contributed by atoms with Gasteiger partial charge in [0, 0.05) is 60.4 Å². The highest BCUT2D eigenvalue weighted by Gasteiger charge is 2.24. The monoisotopic (exact) mass is 509 g/mol. The minimum Gasteiger partial charge on any atom is -0.497 e. The largest absolute Gasteiger partial charge is 0.497 e. The summed E-state index contributed by atoms with van der Waals surface area (Å²) in [7, 11) is 3.45. The van der Waals surface area contributed by atoms with Crippen molar-refractivity contribution in [2.75, 3.05) is 55.5 Å². The molecular formula is C31H35N5O2. The van der Waals surface area contributed by atoms with Gasteiger partial charge in [0.15, 0.2) is 0 Å². The standard InChI is InChI=1S/C31H35N5O2/c1-37-27-14-12-26(13-15-27)36-19-17-35(18-20-36)25-10-8-24(9-11-25)33-31-32-21-23-7-16-28(38-2)29(30(23)34-31)22-5-3-4-6-22/h7-16,21-22H,3-6,17-20H2,1-2H3,(H,32,33,34). The molecule has 2 heterocycles. The van der Waals surface area contributed by atoms with Gasteiger partial charge in [-0.1, -0.05) is 12.8 Å². The van der Waals surface area contributed by atoms with Crippen LogP contribution in [-0.2, 0) is 0 Å². The maximum absolute atomic E-state index is 5.74. The molecular weight excluding hydrogens is 474 g/mol. The molecule has 1 N–H and O–H groups in total. The molecule has 2 aliphatic rings. The Labute approximate surface area is 224 Å². The van der Waals surface area contributed by atoms with E-state index in [2.05, 4.69) is 68.6 Å². The topological polar surface area (TPSA) is 62.8 Å². The Morgan fingerprint density at radius 3 is 2.00 bits per heavy atom. The highest BCUT2D eigenvalue weighted by atomic mass is 16.5. The van der Waals surface area contributed by atoms with Crippen LogP contribution in [0.5, 0.6) is 11.5 Å². The molecule has 7 heteroatoms. The number of nitrogens with one attached hydrogen (secondary N) is 1. The molecule has 0 unspecified atom stereocenters. The molecule has 0 radical (unpaired) electrons. The number of fused-ring (bicyclic) bond motifs is 1. The van der Waals surface area contributed by atoms with Gasteiger partial charge in [0.2, 0.25) is 5.95 Å². The SMILES string of the molecule is COc1ccc(N2CCN(c3ccc(Nc4ncc5ccc(OC)c(C6CCCC6)c5n4)cc3)CC2)cc1. The van der Waals surface area contributed by atoms with Gasteiger partial charge in [-0.05, 0) is 79.4 Å². The maximum atomic E-state index is 5.74. The summed E-state index contributed by atoms with van der Waals surface area (Å²) in [5, 5.41) is 4.48. The Bertz CT molecular complexity index is 1380. The molecule has 3 aromatic carbocycles. The van der Waals surface area contributed by atoms with Crippen molar-refractivity contribution in [3.8, 4) is 11.5 Å². The predicted molar refractivity (Wildman–Crippen MR) is 154 cm³/mol. The zero-order valence-electron chi connectivity index (χ0n) is 22.2. The third-order valence-corrected chi connectivity index (χ3v) is 7.94. The smallest absolute Gasteiger partial charge is 0.227 e. The van der Waals surface area contributed by atoms with Crippen LogP contribution in [0.15, 0.2) is 66.9 Å². The van der Waals surface area contributed by atoms with E-state index in [-0.39, 0.29) is 0 Å². The quantitative estimate of drug-likeness (QED) is 0.310. The Morgan fingerprint density at radius 1 is 0.763 bits per heavy atom. The number of anilines is 4. The lowest BCUT2D eigenvalue weighted by Crippen LogP contribution is -2.46. The van der Waals surface area contributed by atoms with E-state index >= 15 is 0 Å². The van der Waals surface area contributed by atoms with Crippen LogP contribution in [0.3, 0.4) is 0 Å². The van der Waals surface area contributed by atoms with Crippen molar-refractivity contribution in [2.45, 2.75) is 31.6 Å². The van der Waals surface area contributed by atoms with Crippen molar-refractivity contribution in [1.82, 2.24) is 9.97 Å². The summed E-state index contributed by atoms with van der Waals surface area (Å²) >= 11 is 0. The van der Waals surface area contributed by atoms with Gasteiger partial charge in [-0.3, -0.25) is 0 Å². The number of hydrogen-bond acceptors (Lipinski definition) is 7. The lowest BCUT2D eigenvalue weighted by Gasteiger charge is -2.37. The highest BCUT2D eigenvalue weighted by Crippen LogP contribution is 2.42. The fourth-order valence-corrected chi connectivity index (χ4v) is 5.85. The summed E-state index contributed by atoms with van der Waals surface area (Å²) in [6.45, 7) is 3.95. The fraction of sp³-hybridized carbons (Fsp3) is 0.355. The number of ether oxygens (including phenoxy) is 2. The average Bonchev–Trinajstić information content (AvgIpc) is 3.52. The van der Waals surface area contributed by atoms with E-state index in [9.17, 15) is 0 Å². The van der Waals surface area contributed by atoms with Gasteiger partial charge < -0.3 is 24.6 Å². The van der Waals surface area contributed by atoms with E-state index in [0.29, 0.717) is 11.9 Å². The molecule has 2 fully saturated rings. The van der Waals surface area contributed by atoms with Crippen LogP contribution in [0.1, 0.15) is 37.2 Å². The minimum atomic E-state index is 0.501. The summed E-state index contributed by atoms with van der Waals surface area (Å²) in [5.74, 6) is 2.95. The zero-order valence-corrected chi connectivity index (χ0v) is 22.2. The summed E-state index contributed by atoms with van der Waals surface area (Å²) in [5.41, 5.74) is 5.69. The highest BCUT2D eigenvalue weighted by molar-refractivity contribution is 5.85. The van der Waals surface area contributed by atoms with Crippen molar-refractivity contribution in [3.05, 3.63) is 72.4 Å². The van der Waals surface area contributed by atoms with Gasteiger partial charge in [0.25, 0.3) is 0 Å². The molecule has 1 aromatic heterocycles. The van der Waals surface area contributed by atoms with Crippen LogP contribution in [0.2, 0.25) is 0 Å². The van der Waals surface area contributed by atoms with Crippen molar-refractivity contribution in [3.63, 3.8) is 0 Å². The molecule has 1 aliphatic carbocycles. The fourth-order valence-electron chi connectivity index (χ4n) is 5.85. The first-order valence-corrected chi connectivity index (χ1v) is 13.6. The predicted octanol–water partition coefficient (Wildman–Crippen LogP) is 6.37. The number of hydrogen-bond donors (Lipinski definition) is 1. The second-order valence-corrected chi connectivity index (χ2v) is 10.1. The van der Waals surface area contributed by atoms with E-state index in [4.69, 9.17) is 14.5 Å². The van der Waals surface area contributed by atoms with Crippen LogP contribution < -0.4 is 24.6 Å². The first-order valence-electron chi connectivity index (χ1n) is 13.6. The van der Waals surface area contributed by atoms with Crippen molar-refractivity contribution in [1.29, 1.82) is 0 Å². The maximum Gasteiger partial charge on any atom is 0.227 e. The number of nitrogens with zero attached hydrogens (tertiary/aromatic N) is 4. The van der Waals surface area contributed by atoms with E-state index < -0.39 is 0 Å². The van der Waals surface area contributed by atoms with Gasteiger partial charge in [0.1, 0.15) is 11.5 Å². The third-order valence-electron chi connectivity index (χ3n) is 7.94. The lowest BCUT2D eigenvalue weighted by atomic mass is 9.94. The Kier molecular flexibility index (Phi) is 6.90. The average molecular weight is 510 g/mol. The molecule has 1 saturated carbocycles. The first kappa shape index (κ1) is 24.3. The van der Waals surface area contributed by atoms with Crippen LogP contribution in [-0.4, -0.2) is 50.4 Å². The summed E-state index contributed by atoms with van der Waals surface area (Å²) in [6.07, 6.45) is 6.84. The van der Waals surface area contributed by atoms with Crippen molar-refractivity contribution >= 4 is 33.9 Å². The van der Waals surface area contributed by atoms with Gasteiger partial charge in [-0.15, -0.1) is 0 Å². The molecule has 7 nitrogen and oxygen atoms in total. The number of piperazine rings is 1. The van der Waals surface area contributed by atoms with Crippen LogP contribution in [0.4, 0.5) is 23.0 Å². The number of rotatable bonds is 7.